The zero-order valence-corrected chi connectivity index (χ0v) is 19.9. The van der Waals surface area contributed by atoms with Crippen molar-refractivity contribution in [2.75, 3.05) is 0 Å². The smallest absolute Gasteiger partial charge is 0.275 e. The van der Waals surface area contributed by atoms with Crippen LogP contribution in [0.1, 0.15) is 21.5 Å². The third kappa shape index (κ3) is 5.76. The topological polar surface area (TPSA) is 70.9 Å². The van der Waals surface area contributed by atoms with Crippen LogP contribution in [0.5, 0.6) is 11.5 Å². The molecule has 0 aromatic heterocycles. The molecule has 9 heteroatoms. The minimum absolute atomic E-state index is 0.0137. The highest BCUT2D eigenvalue weighted by Gasteiger charge is 2.13. The van der Waals surface area contributed by atoms with Gasteiger partial charge in [-0.1, -0.05) is 57.3 Å². The van der Waals surface area contributed by atoms with E-state index in [1.54, 1.807) is 54.6 Å². The molecule has 0 aliphatic rings. The summed E-state index contributed by atoms with van der Waals surface area (Å²) in [7, 11) is 0. The summed E-state index contributed by atoms with van der Waals surface area (Å²) in [6, 6.07) is 15.3. The number of halogens is 4. The Kier molecular flexibility index (Phi) is 7.77. The standard InChI is InChI=1S/C21H14Br2Cl2N2O3/c22-14-7-13(20(28)17(23)8-14)10-26-27-21(29)16-3-1-2-4-19(16)30-11-12-5-6-15(24)9-18(12)25/h1-10,28H,11H2,(H,27,29)/b26-10+. The molecule has 3 rings (SSSR count). The largest absolute Gasteiger partial charge is 0.506 e. The number of hydrogen-bond donors (Lipinski definition) is 2. The fraction of sp³-hybridized carbons (Fsp3) is 0.0476. The highest BCUT2D eigenvalue weighted by molar-refractivity contribution is 9.11. The molecule has 3 aromatic rings. The Balaban J connectivity index is 1.71. The summed E-state index contributed by atoms with van der Waals surface area (Å²) in [6.07, 6.45) is 1.35. The average molecular weight is 573 g/mol. The monoisotopic (exact) mass is 570 g/mol. The quantitative estimate of drug-likeness (QED) is 0.259. The van der Waals surface area contributed by atoms with Gasteiger partial charge in [-0.15, -0.1) is 0 Å². The summed E-state index contributed by atoms with van der Waals surface area (Å²) in [5.74, 6) is -0.0679. The summed E-state index contributed by atoms with van der Waals surface area (Å²) in [5, 5.41) is 15.0. The van der Waals surface area contributed by atoms with Crippen molar-refractivity contribution in [2.45, 2.75) is 6.61 Å². The van der Waals surface area contributed by atoms with Crippen LogP contribution in [0, 0.1) is 0 Å². The molecule has 0 bridgehead atoms. The van der Waals surface area contributed by atoms with Crippen molar-refractivity contribution in [3.05, 3.63) is 90.3 Å². The minimum atomic E-state index is -0.461. The van der Waals surface area contributed by atoms with E-state index in [0.29, 0.717) is 31.4 Å². The van der Waals surface area contributed by atoms with Gasteiger partial charge in [-0.25, -0.2) is 5.43 Å². The van der Waals surface area contributed by atoms with Crippen molar-refractivity contribution in [1.29, 1.82) is 0 Å². The SMILES string of the molecule is O=C(N/N=C/c1cc(Br)cc(Br)c1O)c1ccccc1OCc1ccc(Cl)cc1Cl. The number of nitrogens with zero attached hydrogens (tertiary/aromatic N) is 1. The van der Waals surface area contributed by atoms with Gasteiger partial charge in [-0.3, -0.25) is 4.79 Å². The fourth-order valence-corrected chi connectivity index (χ4v) is 4.20. The first kappa shape index (κ1) is 22.6. The third-order valence-electron chi connectivity index (χ3n) is 3.96. The lowest BCUT2D eigenvalue weighted by Gasteiger charge is -2.11. The van der Waals surface area contributed by atoms with Gasteiger partial charge >= 0.3 is 0 Å². The highest BCUT2D eigenvalue weighted by atomic mass is 79.9. The van der Waals surface area contributed by atoms with E-state index in [4.69, 9.17) is 27.9 Å². The number of carbonyl (C=O) groups is 1. The summed E-state index contributed by atoms with van der Waals surface area (Å²) >= 11 is 18.7. The van der Waals surface area contributed by atoms with Crippen LogP contribution in [0.25, 0.3) is 0 Å². The number of carbonyl (C=O) groups excluding carboxylic acids is 1. The normalized spacial score (nSPS) is 10.9. The third-order valence-corrected chi connectivity index (χ3v) is 5.61. The number of aromatic hydroxyl groups is 1. The summed E-state index contributed by atoms with van der Waals surface area (Å²) in [5.41, 5.74) is 3.91. The van der Waals surface area contributed by atoms with Crippen LogP contribution in [0.2, 0.25) is 10.0 Å². The van der Waals surface area contributed by atoms with Crippen molar-refractivity contribution < 1.29 is 14.6 Å². The maximum absolute atomic E-state index is 12.6. The fourth-order valence-electron chi connectivity index (χ4n) is 2.48. The van der Waals surface area contributed by atoms with Gasteiger partial charge in [0.15, 0.2) is 0 Å². The van der Waals surface area contributed by atoms with E-state index in [-0.39, 0.29) is 12.4 Å². The van der Waals surface area contributed by atoms with Crippen LogP contribution in [0.3, 0.4) is 0 Å². The molecular weight excluding hydrogens is 559 g/mol. The number of hydrogen-bond acceptors (Lipinski definition) is 4. The Morgan fingerprint density at radius 3 is 2.67 bits per heavy atom. The van der Waals surface area contributed by atoms with Gasteiger partial charge in [0.2, 0.25) is 0 Å². The molecule has 0 unspecified atom stereocenters. The van der Waals surface area contributed by atoms with E-state index in [1.165, 1.54) is 6.21 Å². The lowest BCUT2D eigenvalue weighted by atomic mass is 10.2. The Morgan fingerprint density at radius 1 is 1.13 bits per heavy atom. The summed E-state index contributed by atoms with van der Waals surface area (Å²) < 4.78 is 7.04. The molecule has 0 spiro atoms. The molecule has 154 valence electrons. The Morgan fingerprint density at radius 2 is 1.90 bits per heavy atom. The molecular formula is C21H14Br2Cl2N2O3. The van der Waals surface area contributed by atoms with Crippen molar-refractivity contribution >= 4 is 67.2 Å². The van der Waals surface area contributed by atoms with Crippen LogP contribution < -0.4 is 10.2 Å². The van der Waals surface area contributed by atoms with Crippen LogP contribution in [0.15, 0.2) is 68.6 Å². The number of phenols is 1. The van der Waals surface area contributed by atoms with Crippen molar-refractivity contribution in [3.63, 3.8) is 0 Å². The molecule has 0 saturated heterocycles. The lowest BCUT2D eigenvalue weighted by molar-refractivity contribution is 0.0950. The Labute approximate surface area is 199 Å². The van der Waals surface area contributed by atoms with Gasteiger partial charge in [-0.05, 0) is 52.3 Å². The maximum Gasteiger partial charge on any atom is 0.275 e. The van der Waals surface area contributed by atoms with Gasteiger partial charge in [0.1, 0.15) is 18.1 Å². The second kappa shape index (κ2) is 10.3. The Hall–Kier alpha value is -2.06. The molecule has 30 heavy (non-hydrogen) atoms. The van der Waals surface area contributed by atoms with E-state index >= 15 is 0 Å². The minimum Gasteiger partial charge on any atom is -0.506 e. The predicted octanol–water partition coefficient (Wildman–Crippen LogP) is 6.57. The van der Waals surface area contributed by atoms with E-state index in [2.05, 4.69) is 42.4 Å². The second-order valence-electron chi connectivity index (χ2n) is 6.05. The molecule has 0 aliphatic carbocycles. The van der Waals surface area contributed by atoms with Crippen LogP contribution in [-0.4, -0.2) is 17.2 Å². The predicted molar refractivity (Wildman–Crippen MR) is 126 cm³/mol. The first-order valence-electron chi connectivity index (χ1n) is 8.52. The van der Waals surface area contributed by atoms with Crippen molar-refractivity contribution in [3.8, 4) is 11.5 Å². The summed E-state index contributed by atoms with van der Waals surface area (Å²) in [4.78, 5) is 12.6. The molecule has 2 N–H and O–H groups in total. The van der Waals surface area contributed by atoms with Crippen molar-refractivity contribution in [1.82, 2.24) is 5.43 Å². The van der Waals surface area contributed by atoms with Crippen LogP contribution in [0.4, 0.5) is 0 Å². The first-order chi connectivity index (χ1) is 14.3. The zero-order chi connectivity index (χ0) is 21.7. The molecule has 0 saturated carbocycles. The maximum atomic E-state index is 12.6. The van der Waals surface area contributed by atoms with E-state index in [1.807, 2.05) is 0 Å². The number of nitrogens with one attached hydrogen (secondary N) is 1. The average Bonchev–Trinajstić information content (AvgIpc) is 2.71. The molecule has 1 amide bonds. The van der Waals surface area contributed by atoms with Crippen LogP contribution >= 0.6 is 55.1 Å². The number of phenolic OH excluding ortho intramolecular Hbond substituents is 1. The van der Waals surface area contributed by atoms with E-state index in [9.17, 15) is 9.90 Å². The molecule has 0 fully saturated rings. The zero-order valence-electron chi connectivity index (χ0n) is 15.2. The van der Waals surface area contributed by atoms with Gasteiger partial charge in [0.25, 0.3) is 5.91 Å². The van der Waals surface area contributed by atoms with Gasteiger partial charge < -0.3 is 9.84 Å². The van der Waals surface area contributed by atoms with Gasteiger partial charge in [0, 0.05) is 25.6 Å². The first-order valence-corrected chi connectivity index (χ1v) is 10.9. The Bertz CT molecular complexity index is 1120. The van der Waals surface area contributed by atoms with Crippen molar-refractivity contribution in [2.24, 2.45) is 5.10 Å². The number of amides is 1. The molecule has 5 nitrogen and oxygen atoms in total. The van der Waals surface area contributed by atoms with Gasteiger partial charge in [-0.2, -0.15) is 5.10 Å². The van der Waals surface area contributed by atoms with Gasteiger partial charge in [0.05, 0.1) is 16.3 Å². The molecule has 0 heterocycles. The number of benzene rings is 3. The summed E-state index contributed by atoms with van der Waals surface area (Å²) in [6.45, 7) is 0.170. The molecule has 0 radical (unpaired) electrons. The molecule has 3 aromatic carbocycles. The number of ether oxygens (including phenoxy) is 1. The lowest BCUT2D eigenvalue weighted by Crippen LogP contribution is -2.18. The molecule has 0 atom stereocenters. The number of hydrazone groups is 1. The number of rotatable bonds is 6. The van der Waals surface area contributed by atoms with E-state index in [0.717, 1.165) is 10.0 Å². The molecule has 0 aliphatic heterocycles. The number of para-hydroxylation sites is 1. The van der Waals surface area contributed by atoms with Crippen LogP contribution in [-0.2, 0) is 6.61 Å². The highest BCUT2D eigenvalue weighted by Crippen LogP contribution is 2.30. The van der Waals surface area contributed by atoms with E-state index < -0.39 is 5.91 Å². The second-order valence-corrected chi connectivity index (χ2v) is 8.66.